The first-order chi connectivity index (χ1) is 13.7. The molecule has 2 aromatic rings. The van der Waals surface area contributed by atoms with E-state index < -0.39 is 5.56 Å². The maximum absolute atomic E-state index is 12.5. The van der Waals surface area contributed by atoms with Crippen LogP contribution in [0.2, 0.25) is 0 Å². The normalized spacial score (nSPS) is 10.5. The summed E-state index contributed by atoms with van der Waals surface area (Å²) in [6.07, 6.45) is 0.525. The number of benzene rings is 1. The molecule has 1 aromatic heterocycles. The van der Waals surface area contributed by atoms with Gasteiger partial charge in [0.15, 0.2) is 0 Å². The van der Waals surface area contributed by atoms with Crippen LogP contribution in [0.5, 0.6) is 0 Å². The van der Waals surface area contributed by atoms with Crippen LogP contribution in [-0.2, 0) is 11.2 Å². The fraction of sp³-hybridized carbons (Fsp3) is 0.364. The number of anilines is 1. The van der Waals surface area contributed by atoms with Gasteiger partial charge in [0, 0.05) is 18.7 Å². The molecule has 2 rings (SSSR count). The van der Waals surface area contributed by atoms with Crippen molar-refractivity contribution in [3.05, 3.63) is 62.6 Å². The predicted octanol–water partition coefficient (Wildman–Crippen LogP) is 2.82. The van der Waals surface area contributed by atoms with Crippen LogP contribution in [0, 0.1) is 31.1 Å². The van der Waals surface area contributed by atoms with Gasteiger partial charge in [0.25, 0.3) is 11.5 Å². The Balaban J connectivity index is 2.11. The number of pyridine rings is 1. The number of aromatic amines is 1. The molecule has 0 bridgehead atoms. The van der Waals surface area contributed by atoms with E-state index in [1.54, 1.807) is 38.1 Å². The zero-order chi connectivity index (χ0) is 21.6. The Morgan fingerprint density at radius 2 is 1.90 bits per heavy atom. The molecule has 0 atom stereocenters. The van der Waals surface area contributed by atoms with Gasteiger partial charge in [-0.1, -0.05) is 26.0 Å². The fourth-order valence-electron chi connectivity index (χ4n) is 3.05. The third-order valence-electron chi connectivity index (χ3n) is 4.64. The largest absolute Gasteiger partial charge is 0.352 e. The summed E-state index contributed by atoms with van der Waals surface area (Å²) in [4.78, 5) is 39.4. The van der Waals surface area contributed by atoms with Crippen LogP contribution < -0.4 is 16.2 Å². The first-order valence-electron chi connectivity index (χ1n) is 9.54. The van der Waals surface area contributed by atoms with E-state index in [2.05, 4.69) is 15.6 Å². The second kappa shape index (κ2) is 9.69. The number of nitrogens with zero attached hydrogens (tertiary/aromatic N) is 1. The van der Waals surface area contributed by atoms with Crippen molar-refractivity contribution < 1.29 is 9.59 Å². The molecule has 0 aliphatic rings. The minimum absolute atomic E-state index is 0.0678. The molecule has 0 aliphatic carbocycles. The molecule has 0 fully saturated rings. The number of amides is 2. The highest BCUT2D eigenvalue weighted by Gasteiger charge is 2.16. The number of aromatic nitrogens is 1. The van der Waals surface area contributed by atoms with Crippen molar-refractivity contribution in [1.82, 2.24) is 10.3 Å². The van der Waals surface area contributed by atoms with Crippen LogP contribution in [0.1, 0.15) is 53.0 Å². The molecular weight excluding hydrogens is 368 g/mol. The minimum atomic E-state index is -0.419. The van der Waals surface area contributed by atoms with Gasteiger partial charge in [0.1, 0.15) is 11.6 Å². The van der Waals surface area contributed by atoms with E-state index in [-0.39, 0.29) is 23.8 Å². The molecule has 0 saturated carbocycles. The number of carbonyl (C=O) groups is 2. The lowest BCUT2D eigenvalue weighted by Crippen LogP contribution is -2.28. The van der Waals surface area contributed by atoms with Gasteiger partial charge >= 0.3 is 0 Å². The summed E-state index contributed by atoms with van der Waals surface area (Å²) in [5, 5.41) is 14.8. The van der Waals surface area contributed by atoms with Crippen LogP contribution in [-0.4, -0.2) is 23.3 Å². The van der Waals surface area contributed by atoms with Gasteiger partial charge in [-0.15, -0.1) is 0 Å². The second-order valence-corrected chi connectivity index (χ2v) is 7.37. The van der Waals surface area contributed by atoms with Crippen molar-refractivity contribution in [1.29, 1.82) is 5.26 Å². The highest BCUT2D eigenvalue weighted by molar-refractivity contribution is 6.03. The summed E-state index contributed by atoms with van der Waals surface area (Å²) >= 11 is 0. The summed E-state index contributed by atoms with van der Waals surface area (Å²) < 4.78 is 0. The number of para-hydroxylation sites is 1. The molecule has 0 spiro atoms. The van der Waals surface area contributed by atoms with Gasteiger partial charge in [-0.2, -0.15) is 5.26 Å². The Labute approximate surface area is 170 Å². The molecule has 7 heteroatoms. The Kier molecular flexibility index (Phi) is 7.32. The Morgan fingerprint density at radius 1 is 1.21 bits per heavy atom. The van der Waals surface area contributed by atoms with Crippen molar-refractivity contribution in [2.75, 3.05) is 11.9 Å². The number of carbonyl (C=O) groups excluding carboxylic acids is 2. The third kappa shape index (κ3) is 5.55. The van der Waals surface area contributed by atoms with Crippen LogP contribution in [0.25, 0.3) is 0 Å². The molecule has 7 nitrogen and oxygen atoms in total. The van der Waals surface area contributed by atoms with Gasteiger partial charge in [0.05, 0.1) is 11.3 Å². The van der Waals surface area contributed by atoms with Crippen LogP contribution in [0.3, 0.4) is 0 Å². The first kappa shape index (κ1) is 21.9. The molecule has 0 aliphatic heterocycles. The quantitative estimate of drug-likeness (QED) is 0.670. The molecular formula is C22H26N4O3. The summed E-state index contributed by atoms with van der Waals surface area (Å²) in [5.41, 5.74) is 2.52. The molecule has 0 saturated heterocycles. The Morgan fingerprint density at radius 3 is 2.55 bits per heavy atom. The topological polar surface area (TPSA) is 115 Å². The van der Waals surface area contributed by atoms with E-state index >= 15 is 0 Å². The summed E-state index contributed by atoms with van der Waals surface area (Å²) in [7, 11) is 0. The number of rotatable bonds is 7. The van der Waals surface area contributed by atoms with E-state index in [4.69, 9.17) is 5.26 Å². The zero-order valence-electron chi connectivity index (χ0n) is 17.2. The standard InChI is InChI=1S/C22H26N4O3/c1-13(2)12-24-21(28)17-7-5-6-8-19(17)26-20(27)10-9-16-14(3)18(11-23)22(29)25-15(16)4/h5-8,13H,9-10,12H2,1-4H3,(H,24,28)(H,25,29)(H,26,27). The van der Waals surface area contributed by atoms with Crippen molar-refractivity contribution in [2.45, 2.75) is 40.5 Å². The van der Waals surface area contributed by atoms with E-state index in [1.165, 1.54) is 0 Å². The van der Waals surface area contributed by atoms with Crippen molar-refractivity contribution in [3.8, 4) is 6.07 Å². The average molecular weight is 394 g/mol. The minimum Gasteiger partial charge on any atom is -0.352 e. The van der Waals surface area contributed by atoms with Crippen molar-refractivity contribution >= 4 is 17.5 Å². The molecule has 1 aromatic carbocycles. The maximum atomic E-state index is 12.5. The lowest BCUT2D eigenvalue weighted by Gasteiger charge is -2.13. The number of H-pyrrole nitrogens is 1. The monoisotopic (exact) mass is 394 g/mol. The first-order valence-corrected chi connectivity index (χ1v) is 9.54. The number of nitrogens with one attached hydrogen (secondary N) is 3. The van der Waals surface area contributed by atoms with Gasteiger partial charge < -0.3 is 15.6 Å². The SMILES string of the molecule is Cc1[nH]c(=O)c(C#N)c(C)c1CCC(=O)Nc1ccccc1C(=O)NCC(C)C. The van der Waals surface area contributed by atoms with Crippen molar-refractivity contribution in [2.24, 2.45) is 5.92 Å². The van der Waals surface area contributed by atoms with Crippen molar-refractivity contribution in [3.63, 3.8) is 0 Å². The van der Waals surface area contributed by atoms with Crippen LogP contribution in [0.15, 0.2) is 29.1 Å². The number of aryl methyl sites for hydroxylation is 1. The van der Waals surface area contributed by atoms with E-state index in [0.29, 0.717) is 41.4 Å². The number of nitriles is 1. The number of hydrogen-bond donors (Lipinski definition) is 3. The predicted molar refractivity (Wildman–Crippen MR) is 112 cm³/mol. The molecule has 1 heterocycles. The van der Waals surface area contributed by atoms with Gasteiger partial charge in [0.2, 0.25) is 5.91 Å². The number of hydrogen-bond acceptors (Lipinski definition) is 4. The summed E-state index contributed by atoms with van der Waals surface area (Å²) in [6, 6.07) is 8.76. The van der Waals surface area contributed by atoms with Crippen LogP contribution >= 0.6 is 0 Å². The zero-order valence-corrected chi connectivity index (χ0v) is 17.2. The van der Waals surface area contributed by atoms with Crippen LogP contribution in [0.4, 0.5) is 5.69 Å². The maximum Gasteiger partial charge on any atom is 0.266 e. The smallest absolute Gasteiger partial charge is 0.266 e. The Hall–Kier alpha value is -3.40. The van der Waals surface area contributed by atoms with E-state index in [9.17, 15) is 14.4 Å². The van der Waals surface area contributed by atoms with Gasteiger partial charge in [-0.05, 0) is 49.4 Å². The highest BCUT2D eigenvalue weighted by atomic mass is 16.2. The molecule has 0 unspecified atom stereocenters. The third-order valence-corrected chi connectivity index (χ3v) is 4.64. The molecule has 3 N–H and O–H groups in total. The van der Waals surface area contributed by atoms with Gasteiger partial charge in [-0.25, -0.2) is 0 Å². The average Bonchev–Trinajstić information content (AvgIpc) is 2.66. The molecule has 0 radical (unpaired) electrons. The molecule has 2 amide bonds. The Bertz CT molecular complexity index is 1020. The summed E-state index contributed by atoms with van der Waals surface area (Å²) in [5.74, 6) is -0.166. The van der Waals surface area contributed by atoms with Gasteiger partial charge in [-0.3, -0.25) is 14.4 Å². The second-order valence-electron chi connectivity index (χ2n) is 7.37. The van der Waals surface area contributed by atoms with E-state index in [0.717, 1.165) is 5.56 Å². The van der Waals surface area contributed by atoms with E-state index in [1.807, 2.05) is 19.9 Å². The molecule has 29 heavy (non-hydrogen) atoms. The lowest BCUT2D eigenvalue weighted by molar-refractivity contribution is -0.116. The molecule has 152 valence electrons. The fourth-order valence-corrected chi connectivity index (χ4v) is 3.05. The highest BCUT2D eigenvalue weighted by Crippen LogP contribution is 2.18. The lowest BCUT2D eigenvalue weighted by atomic mass is 9.99. The summed E-state index contributed by atoms with van der Waals surface area (Å²) in [6.45, 7) is 8.02.